The maximum Gasteiger partial charge on any atom is 0.416 e. The molecule has 1 aliphatic rings. The van der Waals surface area contributed by atoms with Gasteiger partial charge in [0.25, 0.3) is 5.91 Å². The lowest BCUT2D eigenvalue weighted by Crippen LogP contribution is -2.46. The first-order valence-electron chi connectivity index (χ1n) is 11.6. The summed E-state index contributed by atoms with van der Waals surface area (Å²) in [6.07, 6.45) is 0.432. The van der Waals surface area contributed by atoms with Gasteiger partial charge in [0, 0.05) is 29.4 Å². The van der Waals surface area contributed by atoms with Crippen LogP contribution in [0, 0.1) is 12.3 Å². The Morgan fingerprint density at radius 2 is 1.92 bits per heavy atom. The van der Waals surface area contributed by atoms with E-state index in [1.807, 2.05) is 0 Å². The molecule has 1 atom stereocenters. The second-order valence-corrected chi connectivity index (χ2v) is 9.59. The zero-order valence-corrected chi connectivity index (χ0v) is 21.6. The summed E-state index contributed by atoms with van der Waals surface area (Å²) in [5, 5.41) is 1.66. The van der Waals surface area contributed by atoms with E-state index in [0.717, 1.165) is 28.4 Å². The van der Waals surface area contributed by atoms with Gasteiger partial charge in [-0.2, -0.15) is 13.2 Å². The summed E-state index contributed by atoms with van der Waals surface area (Å²) < 4.78 is 52.3. The monoisotopic (exact) mass is 543 g/mol. The van der Waals surface area contributed by atoms with Crippen molar-refractivity contribution in [3.63, 3.8) is 0 Å². The van der Waals surface area contributed by atoms with Crippen LogP contribution < -0.4 is 19.3 Å². The van der Waals surface area contributed by atoms with Crippen molar-refractivity contribution >= 4 is 34.5 Å². The largest absolute Gasteiger partial charge is 0.497 e. The van der Waals surface area contributed by atoms with E-state index < -0.39 is 35.7 Å². The first-order chi connectivity index (χ1) is 18.0. The Morgan fingerprint density at radius 3 is 2.50 bits per heavy atom. The number of terminal acetylenes is 1. The smallest absolute Gasteiger partial charge is 0.416 e. The fraction of sp³-hybridized carbons (Fsp3) is 0.296. The van der Waals surface area contributed by atoms with Gasteiger partial charge >= 0.3 is 6.18 Å². The second-order valence-electron chi connectivity index (χ2n) is 8.73. The first-order valence-corrected chi connectivity index (χ1v) is 12.5. The Bertz CT molecular complexity index is 1380. The van der Waals surface area contributed by atoms with Gasteiger partial charge in [-0.3, -0.25) is 14.5 Å². The molecule has 1 aliphatic heterocycles. The van der Waals surface area contributed by atoms with Crippen LogP contribution in [0.15, 0.2) is 47.8 Å². The number of ether oxygens (including phenoxy) is 2. The average Bonchev–Trinajstić information content (AvgIpc) is 3.50. The Kier molecular flexibility index (Phi) is 7.64. The van der Waals surface area contributed by atoms with Gasteiger partial charge < -0.3 is 14.4 Å². The molecule has 7 nitrogen and oxygen atoms in total. The standard InChI is InChI=1S/C27H24F3N3O4S/c1-5-24-31-22(15-38-24)25(34)33(19-12-17(27(28,29)30)13-21(14-19)37-16(2)3)23-10-11-32(26(23)35)18-6-8-20(36-4)9-7-18/h1,6-9,12-16,23H,10-11H2,2-4H3. The highest BCUT2D eigenvalue weighted by molar-refractivity contribution is 7.10. The van der Waals surface area contributed by atoms with Gasteiger partial charge in [-0.25, -0.2) is 4.98 Å². The fourth-order valence-corrected chi connectivity index (χ4v) is 4.75. The molecule has 2 amide bonds. The van der Waals surface area contributed by atoms with E-state index in [1.54, 1.807) is 38.1 Å². The quantitative estimate of drug-likeness (QED) is 0.374. The van der Waals surface area contributed by atoms with Gasteiger partial charge in [0.05, 0.1) is 18.8 Å². The number of hydrogen-bond donors (Lipinski definition) is 0. The minimum Gasteiger partial charge on any atom is -0.497 e. The lowest BCUT2D eigenvalue weighted by molar-refractivity contribution is -0.137. The molecule has 198 valence electrons. The Labute approximate surface area is 221 Å². The highest BCUT2D eigenvalue weighted by atomic mass is 32.1. The molecule has 1 saturated heterocycles. The molecule has 0 spiro atoms. The average molecular weight is 544 g/mol. The van der Waals surface area contributed by atoms with Crippen LogP contribution in [0.1, 0.15) is 41.3 Å². The molecule has 2 aromatic carbocycles. The number of carbonyl (C=O) groups is 2. The summed E-state index contributed by atoms with van der Waals surface area (Å²) in [4.78, 5) is 34.0. The van der Waals surface area contributed by atoms with Crippen LogP contribution in [0.2, 0.25) is 0 Å². The van der Waals surface area contributed by atoms with Crippen LogP contribution in [0.3, 0.4) is 0 Å². The molecule has 0 aliphatic carbocycles. The van der Waals surface area contributed by atoms with E-state index >= 15 is 0 Å². The van der Waals surface area contributed by atoms with E-state index in [-0.39, 0.29) is 35.1 Å². The predicted molar refractivity (Wildman–Crippen MR) is 138 cm³/mol. The number of aromatic nitrogens is 1. The van der Waals surface area contributed by atoms with Crippen LogP contribution in [0.25, 0.3) is 0 Å². The molecule has 0 radical (unpaired) electrons. The minimum absolute atomic E-state index is 0.0672. The molecule has 0 saturated carbocycles. The van der Waals surface area contributed by atoms with Crippen molar-refractivity contribution in [3.8, 4) is 23.8 Å². The SMILES string of the molecule is C#Cc1nc(C(=O)N(c2cc(OC(C)C)cc(C(F)(F)F)c2)C2CCN(c3ccc(OC)cc3)C2=O)cs1. The van der Waals surface area contributed by atoms with Crippen molar-refractivity contribution in [2.24, 2.45) is 0 Å². The van der Waals surface area contributed by atoms with E-state index in [2.05, 4.69) is 10.9 Å². The van der Waals surface area contributed by atoms with Gasteiger partial charge in [0.1, 0.15) is 23.2 Å². The number of hydrogen-bond acceptors (Lipinski definition) is 6. The molecule has 0 bridgehead atoms. The maximum atomic E-state index is 13.8. The normalized spacial score (nSPS) is 15.5. The number of anilines is 2. The summed E-state index contributed by atoms with van der Waals surface area (Å²) in [5.41, 5.74) is -0.640. The molecule has 1 aromatic heterocycles. The van der Waals surface area contributed by atoms with Crippen LogP contribution in [0.4, 0.5) is 24.5 Å². The Balaban J connectivity index is 1.80. The number of alkyl halides is 3. The van der Waals surface area contributed by atoms with Crippen molar-refractivity contribution < 1.29 is 32.2 Å². The molecule has 38 heavy (non-hydrogen) atoms. The van der Waals surface area contributed by atoms with Crippen LogP contribution in [0.5, 0.6) is 11.5 Å². The number of carbonyl (C=O) groups excluding carboxylic acids is 2. The van der Waals surface area contributed by atoms with E-state index in [9.17, 15) is 22.8 Å². The van der Waals surface area contributed by atoms with Gasteiger partial charge in [0.2, 0.25) is 5.91 Å². The molecule has 2 heterocycles. The zero-order valence-electron chi connectivity index (χ0n) is 20.8. The van der Waals surface area contributed by atoms with Crippen molar-refractivity contribution in [1.82, 2.24) is 4.98 Å². The number of amides is 2. The Hall–Kier alpha value is -4.04. The molecular weight excluding hydrogens is 519 g/mol. The van der Waals surface area contributed by atoms with Gasteiger partial charge in [-0.1, -0.05) is 0 Å². The molecule has 3 aromatic rings. The summed E-state index contributed by atoms with van der Waals surface area (Å²) in [7, 11) is 1.52. The number of rotatable bonds is 7. The summed E-state index contributed by atoms with van der Waals surface area (Å²) in [5.74, 6) is 1.67. The highest BCUT2D eigenvalue weighted by Gasteiger charge is 2.42. The van der Waals surface area contributed by atoms with Crippen molar-refractivity contribution in [2.45, 2.75) is 38.6 Å². The molecular formula is C27H24F3N3O4S. The maximum absolute atomic E-state index is 13.8. The third-order valence-corrected chi connectivity index (χ3v) is 6.58. The molecule has 1 unspecified atom stereocenters. The number of nitrogens with zero attached hydrogens (tertiary/aromatic N) is 3. The fourth-order valence-electron chi connectivity index (χ4n) is 4.15. The number of benzene rings is 2. The van der Waals surface area contributed by atoms with Crippen LogP contribution >= 0.6 is 11.3 Å². The minimum atomic E-state index is -4.72. The van der Waals surface area contributed by atoms with Crippen molar-refractivity contribution in [3.05, 3.63) is 64.1 Å². The first kappa shape index (κ1) is 27.0. The molecule has 1 fully saturated rings. The topological polar surface area (TPSA) is 72.0 Å². The number of thiazole rings is 1. The summed E-state index contributed by atoms with van der Waals surface area (Å²) >= 11 is 1.05. The number of methoxy groups -OCH3 is 1. The summed E-state index contributed by atoms with van der Waals surface area (Å²) in [6.45, 7) is 3.60. The van der Waals surface area contributed by atoms with Gasteiger partial charge in [0.15, 0.2) is 5.01 Å². The molecule has 4 rings (SSSR count). The van der Waals surface area contributed by atoms with E-state index in [1.165, 1.54) is 23.5 Å². The van der Waals surface area contributed by atoms with Crippen molar-refractivity contribution in [1.29, 1.82) is 0 Å². The van der Waals surface area contributed by atoms with Gasteiger partial charge in [-0.05, 0) is 62.6 Å². The molecule has 11 heteroatoms. The van der Waals surface area contributed by atoms with Crippen molar-refractivity contribution in [2.75, 3.05) is 23.5 Å². The highest BCUT2D eigenvalue weighted by Crippen LogP contribution is 2.38. The Morgan fingerprint density at radius 1 is 1.21 bits per heavy atom. The lowest BCUT2D eigenvalue weighted by atomic mass is 10.1. The third kappa shape index (κ3) is 5.60. The van der Waals surface area contributed by atoms with Crippen LogP contribution in [-0.4, -0.2) is 42.6 Å². The number of halogens is 3. The summed E-state index contributed by atoms with van der Waals surface area (Å²) in [6, 6.07) is 8.72. The van der Waals surface area contributed by atoms with Gasteiger partial charge in [-0.15, -0.1) is 17.8 Å². The van der Waals surface area contributed by atoms with E-state index in [0.29, 0.717) is 11.4 Å². The van der Waals surface area contributed by atoms with E-state index in [4.69, 9.17) is 15.9 Å². The zero-order chi connectivity index (χ0) is 27.6. The molecule has 0 N–H and O–H groups in total. The van der Waals surface area contributed by atoms with Crippen LogP contribution in [-0.2, 0) is 11.0 Å². The second kappa shape index (κ2) is 10.8. The predicted octanol–water partition coefficient (Wildman–Crippen LogP) is 5.39. The third-order valence-electron chi connectivity index (χ3n) is 5.81. The lowest BCUT2D eigenvalue weighted by Gasteiger charge is -2.29.